The Kier molecular flexibility index (Phi) is 7.39. The van der Waals surface area contributed by atoms with Gasteiger partial charge in [-0.15, -0.1) is 0 Å². The number of carbonyl (C=O) groups excluding carboxylic acids is 2. The van der Waals surface area contributed by atoms with Crippen molar-refractivity contribution < 1.29 is 28.6 Å². The molecule has 192 valence electrons. The second-order valence-electron chi connectivity index (χ2n) is 9.20. The summed E-state index contributed by atoms with van der Waals surface area (Å²) in [4.78, 5) is 30.5. The number of morpholine rings is 1. The van der Waals surface area contributed by atoms with Gasteiger partial charge in [0.05, 0.1) is 24.8 Å². The Morgan fingerprint density at radius 3 is 2.54 bits per heavy atom. The number of aryl methyl sites for hydroxylation is 1. The number of carbonyl (C=O) groups is 2. The second kappa shape index (κ2) is 11.0. The van der Waals surface area contributed by atoms with Crippen LogP contribution < -0.4 is 4.74 Å². The lowest BCUT2D eigenvalue weighted by Crippen LogP contribution is -2.43. The van der Waals surface area contributed by atoms with Gasteiger partial charge in [0.1, 0.15) is 18.1 Å². The number of hydrogen-bond acceptors (Lipinski definition) is 7. The van der Waals surface area contributed by atoms with Crippen molar-refractivity contribution in [2.75, 3.05) is 39.4 Å². The molecule has 8 heteroatoms. The molecule has 1 saturated heterocycles. The molecule has 1 fully saturated rings. The number of ether oxygens (including phenoxy) is 2. The first-order chi connectivity index (χ1) is 18.0. The molecule has 5 rings (SSSR count). The van der Waals surface area contributed by atoms with E-state index in [1.165, 1.54) is 0 Å². The third-order valence-corrected chi connectivity index (χ3v) is 6.70. The fourth-order valence-corrected chi connectivity index (χ4v) is 4.74. The summed E-state index contributed by atoms with van der Waals surface area (Å²) in [5, 5.41) is 10.9. The molecular formula is C29H30N2O6. The number of hydrogen-bond donors (Lipinski definition) is 1. The standard InChI is InChI=1S/C29H30N2O6/c1-20-10-11-24(37-20)27(32)25-26(31(29(34)28(25)33)13-12-30-14-16-35-17-15-30)22-8-5-9-23(18-22)36-19-21-6-3-2-4-7-21/h2-11,18,26,33H,12-17,19H2,1H3. The van der Waals surface area contributed by atoms with Crippen LogP contribution in [0, 0.1) is 6.92 Å². The van der Waals surface area contributed by atoms with Crippen molar-refractivity contribution >= 4 is 11.7 Å². The van der Waals surface area contributed by atoms with Crippen LogP contribution in [0.4, 0.5) is 0 Å². The summed E-state index contributed by atoms with van der Waals surface area (Å²) in [7, 11) is 0. The van der Waals surface area contributed by atoms with Crippen LogP contribution in [0.15, 0.2) is 82.5 Å². The maximum absolute atomic E-state index is 13.5. The lowest BCUT2D eigenvalue weighted by Gasteiger charge is -2.31. The molecule has 0 aliphatic carbocycles. The molecule has 0 saturated carbocycles. The predicted molar refractivity (Wildman–Crippen MR) is 136 cm³/mol. The van der Waals surface area contributed by atoms with E-state index in [1.807, 2.05) is 54.6 Å². The van der Waals surface area contributed by atoms with Gasteiger partial charge in [0.25, 0.3) is 5.91 Å². The largest absolute Gasteiger partial charge is 0.503 e. The van der Waals surface area contributed by atoms with E-state index in [1.54, 1.807) is 24.0 Å². The van der Waals surface area contributed by atoms with Gasteiger partial charge < -0.3 is 23.9 Å². The van der Waals surface area contributed by atoms with Gasteiger partial charge in [-0.1, -0.05) is 42.5 Å². The second-order valence-corrected chi connectivity index (χ2v) is 9.20. The number of amides is 1. The molecule has 3 heterocycles. The molecular weight excluding hydrogens is 472 g/mol. The summed E-state index contributed by atoms with van der Waals surface area (Å²) in [5.41, 5.74) is 1.72. The Hall–Kier alpha value is -3.88. The number of nitrogens with zero attached hydrogens (tertiary/aromatic N) is 2. The van der Waals surface area contributed by atoms with Crippen LogP contribution in [0.5, 0.6) is 5.75 Å². The molecule has 1 aromatic heterocycles. The summed E-state index contributed by atoms with van der Waals surface area (Å²) >= 11 is 0. The highest BCUT2D eigenvalue weighted by Gasteiger charge is 2.44. The zero-order chi connectivity index (χ0) is 25.8. The number of aliphatic hydroxyl groups is 1. The van der Waals surface area contributed by atoms with Crippen LogP contribution in [0.2, 0.25) is 0 Å². The van der Waals surface area contributed by atoms with Gasteiger partial charge in [0.2, 0.25) is 5.78 Å². The van der Waals surface area contributed by atoms with Crippen molar-refractivity contribution in [3.05, 3.63) is 101 Å². The quantitative estimate of drug-likeness (QED) is 0.441. The molecule has 2 aliphatic rings. The van der Waals surface area contributed by atoms with Gasteiger partial charge in [-0.05, 0) is 42.3 Å². The van der Waals surface area contributed by atoms with E-state index >= 15 is 0 Å². The minimum absolute atomic E-state index is 0.0153. The highest BCUT2D eigenvalue weighted by molar-refractivity contribution is 6.15. The summed E-state index contributed by atoms with van der Waals surface area (Å²) < 4.78 is 17.0. The SMILES string of the molecule is Cc1ccc(C(=O)C2=C(O)C(=O)N(CCN3CCOCC3)C2c2cccc(OCc3ccccc3)c2)o1. The van der Waals surface area contributed by atoms with Crippen LogP contribution in [0.25, 0.3) is 0 Å². The zero-order valence-electron chi connectivity index (χ0n) is 20.8. The molecule has 2 aromatic carbocycles. The minimum atomic E-state index is -0.772. The smallest absolute Gasteiger partial charge is 0.290 e. The zero-order valence-corrected chi connectivity index (χ0v) is 20.8. The fourth-order valence-electron chi connectivity index (χ4n) is 4.74. The van der Waals surface area contributed by atoms with E-state index in [0.29, 0.717) is 50.0 Å². The van der Waals surface area contributed by atoms with Gasteiger partial charge >= 0.3 is 0 Å². The van der Waals surface area contributed by atoms with E-state index in [9.17, 15) is 14.7 Å². The first-order valence-corrected chi connectivity index (χ1v) is 12.4. The number of rotatable bonds is 9. The van der Waals surface area contributed by atoms with Gasteiger partial charge in [-0.3, -0.25) is 14.5 Å². The van der Waals surface area contributed by atoms with E-state index in [-0.39, 0.29) is 11.3 Å². The number of aliphatic hydroxyl groups excluding tert-OH is 1. The Bertz CT molecular complexity index is 1290. The summed E-state index contributed by atoms with van der Waals surface area (Å²) in [6, 6.07) is 19.6. The molecule has 37 heavy (non-hydrogen) atoms. The highest BCUT2D eigenvalue weighted by atomic mass is 16.5. The van der Waals surface area contributed by atoms with E-state index in [0.717, 1.165) is 18.7 Å². The third kappa shape index (κ3) is 5.45. The Labute approximate surface area is 215 Å². The summed E-state index contributed by atoms with van der Waals surface area (Å²) in [6.07, 6.45) is 0. The molecule has 1 N–H and O–H groups in total. The van der Waals surface area contributed by atoms with Crippen molar-refractivity contribution in [2.24, 2.45) is 0 Å². The molecule has 0 spiro atoms. The van der Waals surface area contributed by atoms with Crippen LogP contribution in [0.3, 0.4) is 0 Å². The molecule has 1 unspecified atom stereocenters. The van der Waals surface area contributed by atoms with Gasteiger partial charge in [0, 0.05) is 26.2 Å². The molecule has 1 atom stereocenters. The lowest BCUT2D eigenvalue weighted by atomic mass is 9.95. The van der Waals surface area contributed by atoms with Crippen LogP contribution in [0.1, 0.15) is 33.5 Å². The Morgan fingerprint density at radius 2 is 1.81 bits per heavy atom. The van der Waals surface area contributed by atoms with Gasteiger partial charge in [-0.2, -0.15) is 0 Å². The van der Waals surface area contributed by atoms with Gasteiger partial charge in [-0.25, -0.2) is 0 Å². The van der Waals surface area contributed by atoms with E-state index in [4.69, 9.17) is 13.9 Å². The molecule has 2 aliphatic heterocycles. The number of ketones is 1. The highest BCUT2D eigenvalue weighted by Crippen LogP contribution is 2.40. The summed E-state index contributed by atoms with van der Waals surface area (Å²) in [5.74, 6) is -0.349. The normalized spacial score (nSPS) is 18.5. The first-order valence-electron chi connectivity index (χ1n) is 12.4. The number of furan rings is 1. The maximum Gasteiger partial charge on any atom is 0.290 e. The average molecular weight is 503 g/mol. The Balaban J connectivity index is 1.44. The Morgan fingerprint density at radius 1 is 1.03 bits per heavy atom. The van der Waals surface area contributed by atoms with Crippen molar-refractivity contribution in [3.63, 3.8) is 0 Å². The molecule has 8 nitrogen and oxygen atoms in total. The van der Waals surface area contributed by atoms with Gasteiger partial charge in [0.15, 0.2) is 11.5 Å². The monoisotopic (exact) mass is 502 g/mol. The van der Waals surface area contributed by atoms with Crippen molar-refractivity contribution in [1.82, 2.24) is 9.80 Å². The van der Waals surface area contributed by atoms with Crippen molar-refractivity contribution in [1.29, 1.82) is 0 Å². The lowest BCUT2D eigenvalue weighted by molar-refractivity contribution is -0.129. The van der Waals surface area contributed by atoms with Crippen LogP contribution in [-0.4, -0.2) is 66.0 Å². The molecule has 0 radical (unpaired) electrons. The van der Waals surface area contributed by atoms with E-state index < -0.39 is 23.5 Å². The summed E-state index contributed by atoms with van der Waals surface area (Å²) in [6.45, 7) is 5.89. The topological polar surface area (TPSA) is 92.5 Å². The van der Waals surface area contributed by atoms with Crippen LogP contribution >= 0.6 is 0 Å². The number of benzene rings is 2. The molecule has 0 bridgehead atoms. The van der Waals surface area contributed by atoms with Crippen LogP contribution in [-0.2, 0) is 16.1 Å². The number of Topliss-reactive ketones (excluding diaryl/α,β-unsaturated/α-hetero) is 1. The minimum Gasteiger partial charge on any atom is -0.503 e. The third-order valence-electron chi connectivity index (χ3n) is 6.70. The predicted octanol–water partition coefficient (Wildman–Crippen LogP) is 4.08. The van der Waals surface area contributed by atoms with Crippen molar-refractivity contribution in [3.8, 4) is 5.75 Å². The maximum atomic E-state index is 13.5. The molecule has 3 aromatic rings. The van der Waals surface area contributed by atoms with Crippen molar-refractivity contribution in [2.45, 2.75) is 19.6 Å². The molecule has 1 amide bonds. The van der Waals surface area contributed by atoms with E-state index in [2.05, 4.69) is 4.90 Å². The average Bonchev–Trinajstić information content (AvgIpc) is 3.48. The first kappa shape index (κ1) is 24.8. The fraction of sp³-hybridized carbons (Fsp3) is 0.310.